The van der Waals surface area contributed by atoms with E-state index in [0.717, 1.165) is 17.0 Å². The maximum atomic E-state index is 11.9. The van der Waals surface area contributed by atoms with Crippen molar-refractivity contribution in [1.82, 2.24) is 9.38 Å². The average molecular weight is 300 g/mol. The largest absolute Gasteiger partial charge is 0.455 e. The molecule has 6 heteroatoms. The van der Waals surface area contributed by atoms with Gasteiger partial charge in [0.25, 0.3) is 0 Å². The summed E-state index contributed by atoms with van der Waals surface area (Å²) in [7, 11) is 0. The van der Waals surface area contributed by atoms with Gasteiger partial charge < -0.3 is 9.14 Å². The zero-order valence-corrected chi connectivity index (χ0v) is 12.1. The fourth-order valence-corrected chi connectivity index (χ4v) is 2.70. The first-order valence-corrected chi connectivity index (χ1v) is 7.15. The minimum atomic E-state index is -0.440. The Morgan fingerprint density at radius 1 is 1.24 bits per heavy atom. The summed E-state index contributed by atoms with van der Waals surface area (Å²) in [6, 6.07) is 8.91. The third-order valence-electron chi connectivity index (χ3n) is 2.92. The Bertz CT molecular complexity index is 786. The number of aromatic nitrogens is 2. The SMILES string of the molecule is CC(=O)c1ccc(C(=O)OCc2cn3ccccc3n2)s1. The molecular weight excluding hydrogens is 288 g/mol. The maximum absolute atomic E-state index is 11.9. The van der Waals surface area contributed by atoms with Gasteiger partial charge in [0.2, 0.25) is 0 Å². The van der Waals surface area contributed by atoms with Crippen molar-refractivity contribution in [2.24, 2.45) is 0 Å². The molecule has 0 fully saturated rings. The summed E-state index contributed by atoms with van der Waals surface area (Å²) in [5.41, 5.74) is 1.48. The highest BCUT2D eigenvalue weighted by Gasteiger charge is 2.13. The van der Waals surface area contributed by atoms with Crippen LogP contribution in [0.3, 0.4) is 0 Å². The van der Waals surface area contributed by atoms with E-state index in [9.17, 15) is 9.59 Å². The first-order valence-electron chi connectivity index (χ1n) is 6.34. The molecule has 0 aliphatic heterocycles. The predicted molar refractivity (Wildman–Crippen MR) is 78.6 cm³/mol. The van der Waals surface area contributed by atoms with Crippen molar-refractivity contribution in [3.05, 3.63) is 58.2 Å². The van der Waals surface area contributed by atoms with E-state index >= 15 is 0 Å². The maximum Gasteiger partial charge on any atom is 0.348 e. The molecule has 0 aromatic carbocycles. The third-order valence-corrected chi connectivity index (χ3v) is 4.09. The Kier molecular flexibility index (Phi) is 3.53. The number of Topliss-reactive ketones (excluding diaryl/α,β-unsaturated/α-hetero) is 1. The van der Waals surface area contributed by atoms with Gasteiger partial charge in [-0.3, -0.25) is 4.79 Å². The number of ether oxygens (including phenoxy) is 1. The molecule has 3 aromatic rings. The van der Waals surface area contributed by atoms with Crippen molar-refractivity contribution in [1.29, 1.82) is 0 Å². The van der Waals surface area contributed by atoms with E-state index in [-0.39, 0.29) is 12.4 Å². The van der Waals surface area contributed by atoms with Crippen molar-refractivity contribution in [2.45, 2.75) is 13.5 Å². The van der Waals surface area contributed by atoms with E-state index < -0.39 is 5.97 Å². The summed E-state index contributed by atoms with van der Waals surface area (Å²) in [4.78, 5) is 28.4. The van der Waals surface area contributed by atoms with Crippen molar-refractivity contribution >= 4 is 28.7 Å². The zero-order valence-electron chi connectivity index (χ0n) is 11.3. The standard InChI is InChI=1S/C15H12N2O3S/c1-10(18)12-5-6-13(21-12)15(19)20-9-11-8-17-7-3-2-4-14(17)16-11/h2-8H,9H2,1H3. The predicted octanol–water partition coefficient (Wildman–Crippen LogP) is 2.96. The molecule has 0 aliphatic carbocycles. The molecule has 3 heterocycles. The van der Waals surface area contributed by atoms with Crippen LogP contribution in [0.1, 0.15) is 32.0 Å². The summed E-state index contributed by atoms with van der Waals surface area (Å²) < 4.78 is 7.08. The Labute approximate surface area is 124 Å². The van der Waals surface area contributed by atoms with Crippen LogP contribution < -0.4 is 0 Å². The molecule has 0 saturated heterocycles. The Hall–Kier alpha value is -2.47. The first-order chi connectivity index (χ1) is 10.1. The molecule has 0 unspecified atom stereocenters. The molecule has 0 amide bonds. The van der Waals surface area contributed by atoms with Crippen LogP contribution in [0.25, 0.3) is 5.65 Å². The van der Waals surface area contributed by atoms with Gasteiger partial charge in [-0.05, 0) is 31.2 Å². The van der Waals surface area contributed by atoms with Gasteiger partial charge in [-0.2, -0.15) is 0 Å². The fraction of sp³-hybridized carbons (Fsp3) is 0.133. The van der Waals surface area contributed by atoms with Crippen molar-refractivity contribution in [3.8, 4) is 0 Å². The molecule has 0 atom stereocenters. The molecule has 0 N–H and O–H groups in total. The average Bonchev–Trinajstić information content (AvgIpc) is 3.11. The number of hydrogen-bond donors (Lipinski definition) is 0. The normalized spacial score (nSPS) is 10.7. The second kappa shape index (κ2) is 5.49. The second-order valence-corrected chi connectivity index (χ2v) is 5.58. The highest BCUT2D eigenvalue weighted by molar-refractivity contribution is 7.15. The first kappa shape index (κ1) is 13.5. The summed E-state index contributed by atoms with van der Waals surface area (Å²) in [6.45, 7) is 1.57. The van der Waals surface area contributed by atoms with Gasteiger partial charge in [-0.25, -0.2) is 9.78 Å². The van der Waals surface area contributed by atoms with Crippen LogP contribution >= 0.6 is 11.3 Å². The molecule has 3 rings (SSSR count). The van der Waals surface area contributed by atoms with Crippen LogP contribution in [0.4, 0.5) is 0 Å². The molecule has 106 valence electrons. The van der Waals surface area contributed by atoms with Crippen molar-refractivity contribution in [3.63, 3.8) is 0 Å². The molecule has 0 aliphatic rings. The van der Waals surface area contributed by atoms with E-state index in [1.165, 1.54) is 6.92 Å². The smallest absolute Gasteiger partial charge is 0.348 e. The number of nitrogens with zero attached hydrogens (tertiary/aromatic N) is 2. The van der Waals surface area contributed by atoms with Crippen LogP contribution in [-0.2, 0) is 11.3 Å². The van der Waals surface area contributed by atoms with Gasteiger partial charge in [0.05, 0.1) is 10.6 Å². The summed E-state index contributed by atoms with van der Waals surface area (Å²) >= 11 is 1.14. The summed E-state index contributed by atoms with van der Waals surface area (Å²) in [5.74, 6) is -0.496. The number of imidazole rings is 1. The molecule has 0 spiro atoms. The van der Waals surface area contributed by atoms with Gasteiger partial charge >= 0.3 is 5.97 Å². The number of hydrogen-bond acceptors (Lipinski definition) is 5. The van der Waals surface area contributed by atoms with Crippen LogP contribution in [0.2, 0.25) is 0 Å². The number of fused-ring (bicyclic) bond motifs is 1. The van der Waals surface area contributed by atoms with Gasteiger partial charge in [-0.1, -0.05) is 6.07 Å². The third kappa shape index (κ3) is 2.85. The molecule has 5 nitrogen and oxygen atoms in total. The van der Waals surface area contributed by atoms with Gasteiger partial charge in [0, 0.05) is 12.4 Å². The van der Waals surface area contributed by atoms with E-state index in [1.54, 1.807) is 12.1 Å². The van der Waals surface area contributed by atoms with E-state index in [0.29, 0.717) is 15.4 Å². The minimum Gasteiger partial charge on any atom is -0.455 e. The molecular formula is C15H12N2O3S. The molecule has 0 bridgehead atoms. The van der Waals surface area contributed by atoms with Crippen LogP contribution in [0.15, 0.2) is 42.7 Å². The molecule has 3 aromatic heterocycles. The van der Waals surface area contributed by atoms with E-state index in [1.807, 2.05) is 35.0 Å². The van der Waals surface area contributed by atoms with Gasteiger partial charge in [0.1, 0.15) is 17.1 Å². The number of thiophene rings is 1. The monoisotopic (exact) mass is 300 g/mol. The number of pyridine rings is 1. The van der Waals surface area contributed by atoms with Gasteiger partial charge in [-0.15, -0.1) is 11.3 Å². The topological polar surface area (TPSA) is 60.7 Å². The highest BCUT2D eigenvalue weighted by Crippen LogP contribution is 2.18. The molecule has 0 radical (unpaired) electrons. The zero-order chi connectivity index (χ0) is 14.8. The van der Waals surface area contributed by atoms with Gasteiger partial charge in [0.15, 0.2) is 5.78 Å². The summed E-state index contributed by atoms with van der Waals surface area (Å²) in [5, 5.41) is 0. The highest BCUT2D eigenvalue weighted by atomic mass is 32.1. The van der Waals surface area contributed by atoms with Crippen LogP contribution in [-0.4, -0.2) is 21.1 Å². The number of rotatable bonds is 4. The Morgan fingerprint density at radius 3 is 2.76 bits per heavy atom. The Morgan fingerprint density at radius 2 is 2.05 bits per heavy atom. The van der Waals surface area contributed by atoms with Crippen molar-refractivity contribution < 1.29 is 14.3 Å². The molecule has 0 saturated carbocycles. The second-order valence-electron chi connectivity index (χ2n) is 4.49. The lowest BCUT2D eigenvalue weighted by molar-refractivity contribution is 0.0474. The Balaban J connectivity index is 1.68. The lowest BCUT2D eigenvalue weighted by Crippen LogP contribution is -2.03. The number of ketones is 1. The minimum absolute atomic E-state index is 0.0561. The van der Waals surface area contributed by atoms with Crippen LogP contribution in [0.5, 0.6) is 0 Å². The van der Waals surface area contributed by atoms with E-state index in [2.05, 4.69) is 4.98 Å². The lowest BCUT2D eigenvalue weighted by atomic mass is 10.3. The van der Waals surface area contributed by atoms with Crippen molar-refractivity contribution in [2.75, 3.05) is 0 Å². The van der Waals surface area contributed by atoms with E-state index in [4.69, 9.17) is 4.74 Å². The number of carbonyl (C=O) groups is 2. The fourth-order valence-electron chi connectivity index (χ4n) is 1.90. The lowest BCUT2D eigenvalue weighted by Gasteiger charge is -1.99. The van der Waals surface area contributed by atoms with Crippen LogP contribution in [0, 0.1) is 0 Å². The molecule has 21 heavy (non-hydrogen) atoms. The number of esters is 1. The quantitative estimate of drug-likeness (QED) is 0.549. The summed E-state index contributed by atoms with van der Waals surface area (Å²) in [6.07, 6.45) is 3.70. The number of carbonyl (C=O) groups excluding carboxylic acids is 2.